The minimum atomic E-state index is -2.69. The number of carbonyl (C=O) groups excluding carboxylic acids is 1. The number of aliphatic hydroxyl groups excluding tert-OH is 1. The molecular weight excluding hydrogens is 773 g/mol. The predicted octanol–water partition coefficient (Wildman–Crippen LogP) is 8.20. The van der Waals surface area contributed by atoms with Crippen LogP contribution in [-0.2, 0) is 27.9 Å². The summed E-state index contributed by atoms with van der Waals surface area (Å²) in [6.45, 7) is 25.5. The van der Waals surface area contributed by atoms with Gasteiger partial charge in [0.1, 0.15) is 11.7 Å². The molecule has 2 saturated carbocycles. The molecule has 10 atom stereocenters. The molecule has 7 rings (SSSR count). The summed E-state index contributed by atoms with van der Waals surface area (Å²) in [7, 11) is -6.84. The molecule has 2 heterocycles. The van der Waals surface area contributed by atoms with E-state index in [1.165, 1.54) is 15.6 Å². The maximum absolute atomic E-state index is 14.3. The van der Waals surface area contributed by atoms with E-state index in [9.17, 15) is 9.90 Å². The second kappa shape index (κ2) is 16.2. The van der Waals surface area contributed by atoms with E-state index in [-0.39, 0.29) is 47.1 Å². The van der Waals surface area contributed by atoms with Gasteiger partial charge in [0.25, 0.3) is 8.32 Å². The molecule has 4 aliphatic rings. The number of ether oxygens (including phenoxy) is 3. The fraction of sp³-hybridized carbons (Fsp3) is 0.604. The van der Waals surface area contributed by atoms with Crippen LogP contribution in [0.25, 0.3) is 0 Å². The number of aliphatic hydroxyl groups is 1. The summed E-state index contributed by atoms with van der Waals surface area (Å²) >= 11 is 0. The van der Waals surface area contributed by atoms with Gasteiger partial charge in [0.15, 0.2) is 19.9 Å². The first-order valence-electron chi connectivity index (χ1n) is 21.9. The van der Waals surface area contributed by atoms with Gasteiger partial charge in [-0.05, 0) is 85.5 Å². The van der Waals surface area contributed by atoms with Gasteiger partial charge in [-0.2, -0.15) is 0 Å². The van der Waals surface area contributed by atoms with Gasteiger partial charge < -0.3 is 28.2 Å². The average Bonchev–Trinajstić information content (AvgIpc) is 3.89. The molecule has 2 aliphatic carbocycles. The average molecular weight is 843 g/mol. The molecule has 10 heteroatoms. The van der Waals surface area contributed by atoms with Crippen molar-refractivity contribution in [3.63, 3.8) is 0 Å². The van der Waals surface area contributed by atoms with Crippen molar-refractivity contribution in [1.82, 2.24) is 0 Å². The van der Waals surface area contributed by atoms with Crippen LogP contribution >= 0.6 is 0 Å². The van der Waals surface area contributed by atoms with E-state index in [1.807, 2.05) is 13.8 Å². The Hall–Kier alpha value is -2.26. The van der Waals surface area contributed by atoms with Crippen molar-refractivity contribution in [3.05, 3.63) is 91.0 Å². The smallest absolute Gasteiger partial charge is 0.261 e. The van der Waals surface area contributed by atoms with Crippen molar-refractivity contribution in [2.45, 2.75) is 159 Å². The number of Topliss-reactive ketones (excluding diaryl/α,β-unsaturated/α-hetero) is 1. The standard InChI is InChI=1S/C48H70O7Si3/c1-33-39(42-43(50)40(49)32-41(55-56(7,8)9)48(42)45(54-48)44(33)57(10,11)36-21-15-12-16-22-36)28-27-34-31-35(53-47(5,6)52-34)29-30-51-58(46(2,3)4,37-23-17-13-18-24-37)38-25-19-14-20-26-38/h12-26,33-35,39-42,44-45,49H,27-32H2,1-11H3/t33-,34-,35+,39+,40?,41-,42+,44-,45?,48?/m1/s1. The summed E-state index contributed by atoms with van der Waals surface area (Å²) in [5.74, 6) is -0.969. The molecule has 7 nitrogen and oxygen atoms in total. The third-order valence-corrected chi connectivity index (χ3v) is 24.4. The first-order chi connectivity index (χ1) is 27.2. The number of ketones is 1. The summed E-state index contributed by atoms with van der Waals surface area (Å²) in [5.41, 5.74) is -0.390. The lowest BCUT2D eigenvalue weighted by atomic mass is 9.58. The van der Waals surface area contributed by atoms with Crippen molar-refractivity contribution < 1.29 is 33.0 Å². The maximum atomic E-state index is 14.3. The Morgan fingerprint density at radius 2 is 1.26 bits per heavy atom. The molecule has 0 amide bonds. The molecule has 0 aromatic heterocycles. The van der Waals surface area contributed by atoms with Crippen LogP contribution in [0.15, 0.2) is 91.0 Å². The van der Waals surface area contributed by atoms with Crippen LogP contribution in [0.5, 0.6) is 0 Å². The lowest BCUT2D eigenvalue weighted by Gasteiger charge is -2.52. The number of hydrogen-bond acceptors (Lipinski definition) is 7. The molecular formula is C48H70O7Si3. The Kier molecular flexibility index (Phi) is 12.3. The molecule has 3 unspecified atom stereocenters. The molecule has 316 valence electrons. The van der Waals surface area contributed by atoms with E-state index in [4.69, 9.17) is 23.1 Å². The first-order valence-corrected chi connectivity index (χ1v) is 30.3. The Morgan fingerprint density at radius 1 is 0.741 bits per heavy atom. The second-order valence-corrected chi connectivity index (χ2v) is 34.3. The normalized spacial score (nSPS) is 32.6. The third kappa shape index (κ3) is 8.23. The van der Waals surface area contributed by atoms with Crippen LogP contribution in [0.3, 0.4) is 0 Å². The molecule has 3 aromatic carbocycles. The van der Waals surface area contributed by atoms with E-state index in [1.54, 1.807) is 0 Å². The van der Waals surface area contributed by atoms with Crippen molar-refractivity contribution in [2.75, 3.05) is 6.61 Å². The minimum Gasteiger partial charge on any atom is -0.412 e. The van der Waals surface area contributed by atoms with Crippen LogP contribution in [0, 0.1) is 17.8 Å². The zero-order valence-electron chi connectivity index (χ0n) is 37.0. The highest BCUT2D eigenvalue weighted by molar-refractivity contribution is 6.99. The van der Waals surface area contributed by atoms with E-state index in [2.05, 4.69) is 151 Å². The zero-order chi connectivity index (χ0) is 41.9. The van der Waals surface area contributed by atoms with Gasteiger partial charge >= 0.3 is 0 Å². The van der Waals surface area contributed by atoms with Crippen molar-refractivity contribution in [2.24, 2.45) is 17.8 Å². The number of carbonyl (C=O) groups is 1. The van der Waals surface area contributed by atoms with Gasteiger partial charge in [0.05, 0.1) is 38.4 Å². The molecule has 4 fully saturated rings. The predicted molar refractivity (Wildman–Crippen MR) is 241 cm³/mol. The summed E-state index contributed by atoms with van der Waals surface area (Å²) in [6.07, 6.45) is 1.97. The van der Waals surface area contributed by atoms with E-state index < -0.39 is 48.1 Å². The van der Waals surface area contributed by atoms with Gasteiger partial charge in [-0.3, -0.25) is 4.79 Å². The Morgan fingerprint density at radius 3 is 1.78 bits per heavy atom. The van der Waals surface area contributed by atoms with Crippen LogP contribution in [0.1, 0.15) is 73.6 Å². The van der Waals surface area contributed by atoms with Gasteiger partial charge in [-0.25, -0.2) is 0 Å². The fourth-order valence-corrected chi connectivity index (χ4v) is 21.5. The topological polar surface area (TPSA) is 86.8 Å². The molecule has 2 aliphatic heterocycles. The van der Waals surface area contributed by atoms with Gasteiger partial charge in [-0.15, -0.1) is 0 Å². The zero-order valence-corrected chi connectivity index (χ0v) is 40.0. The van der Waals surface area contributed by atoms with E-state index in [0.29, 0.717) is 18.6 Å². The molecule has 0 radical (unpaired) electrons. The summed E-state index contributed by atoms with van der Waals surface area (Å²) < 4.78 is 34.6. The number of rotatable bonds is 13. The summed E-state index contributed by atoms with van der Waals surface area (Å²) in [6, 6.07) is 32.6. The van der Waals surface area contributed by atoms with Crippen LogP contribution < -0.4 is 15.6 Å². The minimum absolute atomic E-state index is 0.0286. The molecule has 1 spiro atoms. The monoisotopic (exact) mass is 842 g/mol. The molecule has 3 aromatic rings. The highest BCUT2D eigenvalue weighted by Crippen LogP contribution is 2.67. The van der Waals surface area contributed by atoms with Crippen LogP contribution in [0.4, 0.5) is 0 Å². The van der Waals surface area contributed by atoms with Gasteiger partial charge in [-0.1, -0.05) is 137 Å². The van der Waals surface area contributed by atoms with Gasteiger partial charge in [0.2, 0.25) is 0 Å². The fourth-order valence-electron chi connectivity index (χ4n) is 11.7. The lowest BCUT2D eigenvalue weighted by molar-refractivity contribution is -0.302. The summed E-state index contributed by atoms with van der Waals surface area (Å²) in [4.78, 5) is 14.3. The molecule has 0 bridgehead atoms. The molecule has 1 N–H and O–H groups in total. The largest absolute Gasteiger partial charge is 0.412 e. The summed E-state index contributed by atoms with van der Waals surface area (Å²) in [5, 5.41) is 15.2. The Bertz CT molecular complexity index is 1820. The van der Waals surface area contributed by atoms with Crippen LogP contribution in [-0.4, -0.2) is 84.1 Å². The SMILES string of the molecule is C[C@@H]1[C@H](CC[C@@H]2C[C@H](CCO[Si](c3ccccc3)(c3ccccc3)C(C)(C)C)OC(C)(C)O2)[C@H]2C(=O)C(O)C[C@@H](O[Si](C)(C)C)C23OC3[C@@H]1[Si](C)(C)c1ccccc1. The number of epoxide rings is 1. The quantitative estimate of drug-likeness (QED) is 0.137. The maximum Gasteiger partial charge on any atom is 0.261 e. The lowest BCUT2D eigenvalue weighted by Crippen LogP contribution is -2.66. The van der Waals surface area contributed by atoms with E-state index >= 15 is 0 Å². The Balaban J connectivity index is 1.13. The second-order valence-electron chi connectivity index (χ2n) is 20.9. The molecule has 58 heavy (non-hydrogen) atoms. The number of hydrogen-bond donors (Lipinski definition) is 1. The van der Waals surface area contributed by atoms with Crippen molar-refractivity contribution in [1.29, 1.82) is 0 Å². The Labute approximate surface area is 351 Å². The first kappa shape index (κ1) is 43.8. The van der Waals surface area contributed by atoms with Crippen molar-refractivity contribution in [3.8, 4) is 0 Å². The van der Waals surface area contributed by atoms with Crippen molar-refractivity contribution >= 4 is 46.1 Å². The highest BCUT2D eigenvalue weighted by Gasteiger charge is 2.79. The van der Waals surface area contributed by atoms with E-state index in [0.717, 1.165) is 25.7 Å². The number of benzene rings is 3. The van der Waals surface area contributed by atoms with Crippen LogP contribution in [0.2, 0.25) is 43.3 Å². The third-order valence-electron chi connectivity index (χ3n) is 14.0. The molecule has 2 saturated heterocycles. The highest BCUT2D eigenvalue weighted by atomic mass is 28.4. The van der Waals surface area contributed by atoms with Gasteiger partial charge in [0, 0.05) is 19.4 Å².